The van der Waals surface area contributed by atoms with Crippen LogP contribution in [-0.2, 0) is 23.1 Å². The van der Waals surface area contributed by atoms with Gasteiger partial charge in [0.25, 0.3) is 0 Å². The van der Waals surface area contributed by atoms with Gasteiger partial charge in [-0.15, -0.1) is 0 Å². The number of anilines is 1. The van der Waals surface area contributed by atoms with Gasteiger partial charge in [0.15, 0.2) is 0 Å². The van der Waals surface area contributed by atoms with E-state index in [2.05, 4.69) is 12.2 Å². The number of hydrogen-bond donors (Lipinski definition) is 1. The maximum absolute atomic E-state index is 13.2. The molecule has 0 spiro atoms. The molecule has 0 aliphatic rings. The second kappa shape index (κ2) is 13.0. The summed E-state index contributed by atoms with van der Waals surface area (Å²) in [6, 6.07) is 10.6. The lowest BCUT2D eigenvalue weighted by molar-refractivity contribution is -0.132. The number of carbonyl (C=O) groups excluding carboxylic acids is 2. The Labute approximate surface area is 189 Å². The third-order valence-electron chi connectivity index (χ3n) is 5.00. The number of nitrogens with one attached hydrogen (secondary N) is 1. The van der Waals surface area contributed by atoms with Crippen molar-refractivity contribution in [2.24, 2.45) is 7.05 Å². The van der Waals surface area contributed by atoms with Gasteiger partial charge in [0, 0.05) is 56.5 Å². The normalized spacial score (nSPS) is 10.7. The predicted molar refractivity (Wildman–Crippen MR) is 124 cm³/mol. The van der Waals surface area contributed by atoms with Gasteiger partial charge in [0.1, 0.15) is 6.54 Å². The van der Waals surface area contributed by atoms with Crippen molar-refractivity contribution in [3.05, 3.63) is 53.3 Å². The molecule has 0 saturated carbocycles. The van der Waals surface area contributed by atoms with E-state index >= 15 is 0 Å². The number of methoxy groups -OCH3 is 1. The van der Waals surface area contributed by atoms with Gasteiger partial charge in [-0.25, -0.2) is 4.79 Å². The van der Waals surface area contributed by atoms with E-state index in [1.165, 1.54) is 4.90 Å². The van der Waals surface area contributed by atoms with E-state index in [1.807, 2.05) is 34.8 Å². The minimum Gasteiger partial charge on any atom is -0.385 e. The third-order valence-corrected chi connectivity index (χ3v) is 5.24. The molecule has 2 rings (SSSR count). The average Bonchev–Trinajstić information content (AvgIpc) is 3.14. The molecule has 31 heavy (non-hydrogen) atoms. The molecule has 7 nitrogen and oxygen atoms in total. The van der Waals surface area contributed by atoms with Crippen LogP contribution in [0.25, 0.3) is 0 Å². The Hall–Kier alpha value is -2.51. The fourth-order valence-corrected chi connectivity index (χ4v) is 3.37. The number of aryl methyl sites for hydroxylation is 1. The van der Waals surface area contributed by atoms with E-state index in [-0.39, 0.29) is 18.5 Å². The lowest BCUT2D eigenvalue weighted by Gasteiger charge is -2.28. The number of nitrogens with zero attached hydrogens (tertiary/aromatic N) is 3. The van der Waals surface area contributed by atoms with Gasteiger partial charge in [-0.1, -0.05) is 31.0 Å². The van der Waals surface area contributed by atoms with E-state index in [0.29, 0.717) is 43.4 Å². The number of unbranched alkanes of at least 4 members (excludes halogenated alkanes) is 1. The van der Waals surface area contributed by atoms with Crippen LogP contribution in [0.5, 0.6) is 0 Å². The molecule has 8 heteroatoms. The van der Waals surface area contributed by atoms with Gasteiger partial charge in [-0.2, -0.15) is 0 Å². The summed E-state index contributed by atoms with van der Waals surface area (Å²) in [7, 11) is 3.58. The molecule has 3 amide bonds. The maximum Gasteiger partial charge on any atom is 0.322 e. The molecule has 0 bridgehead atoms. The lowest BCUT2D eigenvalue weighted by Crippen LogP contribution is -2.45. The highest BCUT2D eigenvalue weighted by Crippen LogP contribution is 2.16. The number of hydrogen-bond acceptors (Lipinski definition) is 3. The fraction of sp³-hybridized carbons (Fsp3) is 0.478. The second-order valence-corrected chi connectivity index (χ2v) is 7.92. The van der Waals surface area contributed by atoms with E-state index in [4.69, 9.17) is 16.3 Å². The molecule has 0 aliphatic heterocycles. The maximum atomic E-state index is 13.2. The van der Waals surface area contributed by atoms with Crippen molar-refractivity contribution in [3.63, 3.8) is 0 Å². The van der Waals surface area contributed by atoms with Crippen LogP contribution in [0.15, 0.2) is 42.6 Å². The number of halogens is 1. The van der Waals surface area contributed by atoms with Crippen LogP contribution < -0.4 is 5.32 Å². The van der Waals surface area contributed by atoms with Crippen LogP contribution in [0.1, 0.15) is 31.9 Å². The summed E-state index contributed by atoms with van der Waals surface area (Å²) in [5.74, 6) is -0.0756. The van der Waals surface area contributed by atoms with Crippen molar-refractivity contribution in [1.29, 1.82) is 0 Å². The first-order valence-electron chi connectivity index (χ1n) is 10.6. The van der Waals surface area contributed by atoms with Gasteiger partial charge in [-0.3, -0.25) is 4.79 Å². The van der Waals surface area contributed by atoms with Crippen molar-refractivity contribution in [1.82, 2.24) is 14.4 Å². The van der Waals surface area contributed by atoms with Crippen LogP contribution >= 0.6 is 11.6 Å². The zero-order chi connectivity index (χ0) is 22.6. The summed E-state index contributed by atoms with van der Waals surface area (Å²) in [6.07, 6.45) is 4.51. The Kier molecular flexibility index (Phi) is 10.4. The zero-order valence-corrected chi connectivity index (χ0v) is 19.4. The Balaban J connectivity index is 2.10. The van der Waals surface area contributed by atoms with Crippen molar-refractivity contribution < 1.29 is 14.3 Å². The van der Waals surface area contributed by atoms with Crippen LogP contribution in [0, 0.1) is 0 Å². The largest absolute Gasteiger partial charge is 0.385 e. The van der Waals surface area contributed by atoms with E-state index in [9.17, 15) is 9.59 Å². The summed E-state index contributed by atoms with van der Waals surface area (Å²) in [4.78, 5) is 29.5. The molecule has 1 heterocycles. The standard InChI is InChI=1S/C23H33ClN4O3/c1-4-5-13-27(17-21-11-7-12-26(21)2)22(29)18-28(14-8-15-31-3)23(30)25-20-10-6-9-19(24)16-20/h6-7,9-12,16H,4-5,8,13-15,17-18H2,1-3H3,(H,25,30). The smallest absolute Gasteiger partial charge is 0.322 e. The molecule has 0 atom stereocenters. The topological polar surface area (TPSA) is 66.8 Å². The first kappa shape index (κ1) is 24.8. The number of rotatable bonds is 12. The van der Waals surface area contributed by atoms with Crippen molar-refractivity contribution in [2.75, 3.05) is 38.7 Å². The van der Waals surface area contributed by atoms with Gasteiger partial charge < -0.3 is 24.4 Å². The number of carbonyl (C=O) groups is 2. The Morgan fingerprint density at radius 2 is 1.90 bits per heavy atom. The highest BCUT2D eigenvalue weighted by atomic mass is 35.5. The van der Waals surface area contributed by atoms with Crippen molar-refractivity contribution in [3.8, 4) is 0 Å². The van der Waals surface area contributed by atoms with Crippen LogP contribution in [0.3, 0.4) is 0 Å². The summed E-state index contributed by atoms with van der Waals surface area (Å²) in [6.45, 7) is 4.20. The van der Waals surface area contributed by atoms with Crippen LogP contribution in [0.2, 0.25) is 5.02 Å². The number of aromatic nitrogens is 1. The van der Waals surface area contributed by atoms with Crippen LogP contribution in [-0.4, -0.2) is 59.7 Å². The Morgan fingerprint density at radius 1 is 1.13 bits per heavy atom. The lowest BCUT2D eigenvalue weighted by atomic mass is 10.2. The fourth-order valence-electron chi connectivity index (χ4n) is 3.18. The molecule has 0 aliphatic carbocycles. The molecular weight excluding hydrogens is 416 g/mol. The molecule has 0 fully saturated rings. The summed E-state index contributed by atoms with van der Waals surface area (Å²) < 4.78 is 7.13. The number of urea groups is 1. The summed E-state index contributed by atoms with van der Waals surface area (Å²) in [5.41, 5.74) is 1.65. The van der Waals surface area contributed by atoms with Gasteiger partial charge in [0.2, 0.25) is 5.91 Å². The molecule has 0 saturated heterocycles. The van der Waals surface area contributed by atoms with E-state index < -0.39 is 0 Å². The minimum atomic E-state index is -0.332. The monoisotopic (exact) mass is 448 g/mol. The average molecular weight is 449 g/mol. The first-order valence-corrected chi connectivity index (χ1v) is 11.0. The minimum absolute atomic E-state index is 0.00422. The van der Waals surface area contributed by atoms with Gasteiger partial charge in [-0.05, 0) is 43.2 Å². The van der Waals surface area contributed by atoms with E-state index in [0.717, 1.165) is 18.5 Å². The van der Waals surface area contributed by atoms with Gasteiger partial charge in [0.05, 0.1) is 6.54 Å². The second-order valence-electron chi connectivity index (χ2n) is 7.49. The molecule has 1 aromatic carbocycles. The quantitative estimate of drug-likeness (QED) is 0.490. The molecular formula is C23H33ClN4O3. The van der Waals surface area contributed by atoms with E-state index in [1.54, 1.807) is 31.4 Å². The van der Waals surface area contributed by atoms with Crippen molar-refractivity contribution >= 4 is 29.2 Å². The van der Waals surface area contributed by atoms with Gasteiger partial charge >= 0.3 is 6.03 Å². The molecule has 2 aromatic rings. The highest BCUT2D eigenvalue weighted by Gasteiger charge is 2.22. The summed E-state index contributed by atoms with van der Waals surface area (Å²) >= 11 is 6.02. The first-order chi connectivity index (χ1) is 14.9. The van der Waals surface area contributed by atoms with Crippen molar-refractivity contribution in [2.45, 2.75) is 32.7 Å². The van der Waals surface area contributed by atoms with Crippen LogP contribution in [0.4, 0.5) is 10.5 Å². The molecule has 1 aromatic heterocycles. The summed E-state index contributed by atoms with van der Waals surface area (Å²) in [5, 5.41) is 3.37. The molecule has 170 valence electrons. The Morgan fingerprint density at radius 3 is 2.55 bits per heavy atom. The molecule has 1 N–H and O–H groups in total. The number of benzene rings is 1. The predicted octanol–water partition coefficient (Wildman–Crippen LogP) is 4.38. The zero-order valence-electron chi connectivity index (χ0n) is 18.6. The highest BCUT2D eigenvalue weighted by molar-refractivity contribution is 6.30. The number of ether oxygens (including phenoxy) is 1. The molecule has 0 radical (unpaired) electrons. The molecule has 0 unspecified atom stereocenters. The number of amides is 3. The third kappa shape index (κ3) is 8.26. The SMILES string of the molecule is CCCCN(Cc1cccn1C)C(=O)CN(CCCOC)C(=O)Nc1cccc(Cl)c1. The Bertz CT molecular complexity index is 840.